The number of carbonyl (C=O) groups excluding carboxylic acids is 1. The quantitative estimate of drug-likeness (QED) is 0.752. The first-order valence-corrected chi connectivity index (χ1v) is 7.83. The molecule has 0 spiro atoms. The predicted molar refractivity (Wildman–Crippen MR) is 90.4 cm³/mol. The van der Waals surface area contributed by atoms with Crippen LogP contribution in [-0.2, 0) is 11.2 Å². The standard InChI is InChI=1S/C17H19BrN2O/c18-15-7-4-8-16(13-15)20-17(21)10-12-19-11-9-14-5-2-1-3-6-14/h1-8,13,19H,9-12H2,(H,20,21). The van der Waals surface area contributed by atoms with E-state index in [1.165, 1.54) is 5.56 Å². The Labute approximate surface area is 133 Å². The van der Waals surface area contributed by atoms with Gasteiger partial charge in [-0.2, -0.15) is 0 Å². The zero-order valence-electron chi connectivity index (χ0n) is 11.8. The van der Waals surface area contributed by atoms with E-state index in [4.69, 9.17) is 0 Å². The van der Waals surface area contributed by atoms with Crippen LogP contribution in [0, 0.1) is 0 Å². The molecule has 0 bridgehead atoms. The Hall–Kier alpha value is -1.65. The lowest BCUT2D eigenvalue weighted by Crippen LogP contribution is -2.23. The molecule has 0 saturated carbocycles. The van der Waals surface area contributed by atoms with Gasteiger partial charge in [0.1, 0.15) is 0 Å². The third-order valence-corrected chi connectivity index (χ3v) is 3.56. The summed E-state index contributed by atoms with van der Waals surface area (Å²) in [4.78, 5) is 11.8. The molecule has 110 valence electrons. The minimum atomic E-state index is 0.0281. The first kappa shape index (κ1) is 15.7. The molecule has 0 aliphatic carbocycles. The molecule has 2 rings (SSSR count). The van der Waals surface area contributed by atoms with Crippen molar-refractivity contribution in [2.24, 2.45) is 0 Å². The van der Waals surface area contributed by atoms with Crippen LogP contribution in [0.15, 0.2) is 59.1 Å². The Morgan fingerprint density at radius 2 is 1.81 bits per heavy atom. The number of carbonyl (C=O) groups is 1. The van der Waals surface area contributed by atoms with Crippen LogP contribution in [0.25, 0.3) is 0 Å². The van der Waals surface area contributed by atoms with Gasteiger partial charge in [-0.3, -0.25) is 4.79 Å². The van der Waals surface area contributed by atoms with Crippen LogP contribution in [0.2, 0.25) is 0 Å². The van der Waals surface area contributed by atoms with E-state index in [1.807, 2.05) is 42.5 Å². The zero-order chi connectivity index (χ0) is 14.9. The third-order valence-electron chi connectivity index (χ3n) is 3.07. The second-order valence-corrected chi connectivity index (χ2v) is 5.71. The molecule has 0 saturated heterocycles. The van der Waals surface area contributed by atoms with Gasteiger partial charge in [0.05, 0.1) is 0 Å². The van der Waals surface area contributed by atoms with Crippen LogP contribution < -0.4 is 10.6 Å². The number of nitrogens with one attached hydrogen (secondary N) is 2. The maximum atomic E-state index is 11.8. The first-order valence-electron chi connectivity index (χ1n) is 7.04. The zero-order valence-corrected chi connectivity index (χ0v) is 13.4. The molecule has 0 aromatic heterocycles. The number of rotatable bonds is 7. The molecule has 0 radical (unpaired) electrons. The van der Waals surface area contributed by atoms with Crippen molar-refractivity contribution in [2.45, 2.75) is 12.8 Å². The van der Waals surface area contributed by atoms with E-state index in [1.54, 1.807) is 0 Å². The molecule has 1 amide bonds. The van der Waals surface area contributed by atoms with E-state index < -0.39 is 0 Å². The SMILES string of the molecule is O=C(CCNCCc1ccccc1)Nc1cccc(Br)c1. The molecule has 3 nitrogen and oxygen atoms in total. The number of halogens is 1. The highest BCUT2D eigenvalue weighted by Crippen LogP contribution is 2.15. The fraction of sp³-hybridized carbons (Fsp3) is 0.235. The van der Waals surface area contributed by atoms with Crippen molar-refractivity contribution in [2.75, 3.05) is 18.4 Å². The molecule has 2 N–H and O–H groups in total. The molecular formula is C17H19BrN2O. The van der Waals surface area contributed by atoms with Crippen molar-refractivity contribution >= 4 is 27.5 Å². The Kier molecular flexibility index (Phi) is 6.44. The minimum Gasteiger partial charge on any atom is -0.326 e. The van der Waals surface area contributed by atoms with Crippen molar-refractivity contribution in [1.82, 2.24) is 5.32 Å². The van der Waals surface area contributed by atoms with Gasteiger partial charge in [-0.25, -0.2) is 0 Å². The maximum Gasteiger partial charge on any atom is 0.225 e. The lowest BCUT2D eigenvalue weighted by molar-refractivity contribution is -0.116. The summed E-state index contributed by atoms with van der Waals surface area (Å²) in [6.45, 7) is 1.57. The first-order chi connectivity index (χ1) is 10.2. The van der Waals surface area contributed by atoms with Crippen molar-refractivity contribution in [3.63, 3.8) is 0 Å². The average molecular weight is 347 g/mol. The Morgan fingerprint density at radius 3 is 2.57 bits per heavy atom. The maximum absolute atomic E-state index is 11.8. The van der Waals surface area contributed by atoms with E-state index in [0.29, 0.717) is 13.0 Å². The Balaban J connectivity index is 1.61. The topological polar surface area (TPSA) is 41.1 Å². The van der Waals surface area contributed by atoms with E-state index in [2.05, 4.69) is 38.7 Å². The highest BCUT2D eigenvalue weighted by Gasteiger charge is 2.02. The van der Waals surface area contributed by atoms with Gasteiger partial charge in [-0.15, -0.1) is 0 Å². The van der Waals surface area contributed by atoms with Crippen LogP contribution in [0.5, 0.6) is 0 Å². The number of benzene rings is 2. The van der Waals surface area contributed by atoms with Crippen molar-refractivity contribution in [1.29, 1.82) is 0 Å². The molecule has 2 aromatic rings. The van der Waals surface area contributed by atoms with E-state index in [-0.39, 0.29) is 5.91 Å². The highest BCUT2D eigenvalue weighted by molar-refractivity contribution is 9.10. The van der Waals surface area contributed by atoms with Crippen molar-refractivity contribution in [3.05, 3.63) is 64.6 Å². The Morgan fingerprint density at radius 1 is 1.00 bits per heavy atom. The lowest BCUT2D eigenvalue weighted by atomic mass is 10.1. The lowest BCUT2D eigenvalue weighted by Gasteiger charge is -2.07. The van der Waals surface area contributed by atoms with Crippen LogP contribution in [-0.4, -0.2) is 19.0 Å². The monoisotopic (exact) mass is 346 g/mol. The number of hydrogen-bond acceptors (Lipinski definition) is 2. The van der Waals surface area contributed by atoms with Crippen molar-refractivity contribution < 1.29 is 4.79 Å². The summed E-state index contributed by atoms with van der Waals surface area (Å²) in [6, 6.07) is 17.9. The van der Waals surface area contributed by atoms with Crippen molar-refractivity contribution in [3.8, 4) is 0 Å². The largest absolute Gasteiger partial charge is 0.326 e. The number of amides is 1. The van der Waals surface area contributed by atoms with Gasteiger partial charge >= 0.3 is 0 Å². The smallest absolute Gasteiger partial charge is 0.225 e. The second-order valence-electron chi connectivity index (χ2n) is 4.79. The van der Waals surface area contributed by atoms with Crippen LogP contribution in [0.4, 0.5) is 5.69 Å². The van der Waals surface area contributed by atoms with Gasteiger partial charge in [-0.1, -0.05) is 52.3 Å². The molecule has 0 fully saturated rings. The van der Waals surface area contributed by atoms with Crippen LogP contribution in [0.1, 0.15) is 12.0 Å². The summed E-state index contributed by atoms with van der Waals surface area (Å²) >= 11 is 3.38. The molecule has 0 unspecified atom stereocenters. The van der Waals surface area contributed by atoms with E-state index >= 15 is 0 Å². The normalized spacial score (nSPS) is 10.3. The van der Waals surface area contributed by atoms with Gasteiger partial charge in [0.15, 0.2) is 0 Å². The van der Waals surface area contributed by atoms with E-state index in [0.717, 1.165) is 23.1 Å². The molecule has 4 heteroatoms. The Bertz CT molecular complexity index is 572. The fourth-order valence-electron chi connectivity index (χ4n) is 1.99. The van der Waals surface area contributed by atoms with Gasteiger partial charge < -0.3 is 10.6 Å². The summed E-state index contributed by atoms with van der Waals surface area (Å²) in [5, 5.41) is 6.17. The summed E-state index contributed by atoms with van der Waals surface area (Å²) < 4.78 is 0.960. The fourth-order valence-corrected chi connectivity index (χ4v) is 2.39. The van der Waals surface area contributed by atoms with Gasteiger partial charge in [0.2, 0.25) is 5.91 Å². The minimum absolute atomic E-state index is 0.0281. The molecule has 21 heavy (non-hydrogen) atoms. The molecule has 0 aliphatic heterocycles. The molecule has 2 aromatic carbocycles. The number of hydrogen-bond donors (Lipinski definition) is 2. The summed E-state index contributed by atoms with van der Waals surface area (Å²) in [5.41, 5.74) is 2.13. The molecule has 0 atom stereocenters. The van der Waals surface area contributed by atoms with Crippen LogP contribution in [0.3, 0.4) is 0 Å². The molecule has 0 heterocycles. The second kappa shape index (κ2) is 8.60. The number of anilines is 1. The summed E-state index contributed by atoms with van der Waals surface area (Å²) in [5.74, 6) is 0.0281. The third kappa shape index (κ3) is 6.10. The van der Waals surface area contributed by atoms with Crippen LogP contribution >= 0.6 is 15.9 Å². The highest BCUT2D eigenvalue weighted by atomic mass is 79.9. The molecular weight excluding hydrogens is 328 g/mol. The van der Waals surface area contributed by atoms with Gasteiger partial charge in [-0.05, 0) is 36.7 Å². The predicted octanol–water partition coefficient (Wildman–Crippen LogP) is 3.61. The average Bonchev–Trinajstić information content (AvgIpc) is 2.48. The van der Waals surface area contributed by atoms with Gasteiger partial charge in [0, 0.05) is 23.1 Å². The summed E-state index contributed by atoms with van der Waals surface area (Å²) in [7, 11) is 0. The van der Waals surface area contributed by atoms with E-state index in [9.17, 15) is 4.79 Å². The summed E-state index contributed by atoms with van der Waals surface area (Å²) in [6.07, 6.45) is 1.45. The van der Waals surface area contributed by atoms with Gasteiger partial charge in [0.25, 0.3) is 0 Å². The molecule has 0 aliphatic rings.